The van der Waals surface area contributed by atoms with Gasteiger partial charge in [0.2, 0.25) is 0 Å². The Kier molecular flexibility index (Phi) is 4.20. The van der Waals surface area contributed by atoms with Crippen LogP contribution in [0.2, 0.25) is 0 Å². The van der Waals surface area contributed by atoms with E-state index < -0.39 is 0 Å². The SMILES string of the molecule is CCN(CC)C1CNC(C)C(C)C1. The molecular weight excluding hydrogens is 160 g/mol. The number of piperidine rings is 1. The lowest BCUT2D eigenvalue weighted by Gasteiger charge is -2.39. The van der Waals surface area contributed by atoms with Crippen LogP contribution in [0.5, 0.6) is 0 Å². The Morgan fingerprint density at radius 1 is 1.23 bits per heavy atom. The summed E-state index contributed by atoms with van der Waals surface area (Å²) in [7, 11) is 0. The minimum Gasteiger partial charge on any atom is -0.312 e. The van der Waals surface area contributed by atoms with Crippen LogP contribution < -0.4 is 5.32 Å². The van der Waals surface area contributed by atoms with Crippen LogP contribution in [0.3, 0.4) is 0 Å². The molecule has 3 atom stereocenters. The van der Waals surface area contributed by atoms with E-state index >= 15 is 0 Å². The number of nitrogens with one attached hydrogen (secondary N) is 1. The van der Waals surface area contributed by atoms with Crippen LogP contribution >= 0.6 is 0 Å². The predicted molar refractivity (Wildman–Crippen MR) is 58.0 cm³/mol. The topological polar surface area (TPSA) is 15.3 Å². The first-order chi connectivity index (χ1) is 6.19. The molecule has 1 rings (SSSR count). The summed E-state index contributed by atoms with van der Waals surface area (Å²) in [5.41, 5.74) is 0. The van der Waals surface area contributed by atoms with Crippen LogP contribution in [-0.2, 0) is 0 Å². The number of likely N-dealkylation sites (N-methyl/N-ethyl adjacent to an activating group) is 1. The minimum atomic E-state index is 0.701. The maximum atomic E-state index is 3.59. The van der Waals surface area contributed by atoms with Gasteiger partial charge in [-0.2, -0.15) is 0 Å². The molecule has 0 amide bonds. The van der Waals surface area contributed by atoms with Crippen LogP contribution in [-0.4, -0.2) is 36.6 Å². The molecule has 0 aromatic heterocycles. The van der Waals surface area contributed by atoms with Gasteiger partial charge in [-0.15, -0.1) is 0 Å². The molecule has 13 heavy (non-hydrogen) atoms. The number of rotatable bonds is 3. The van der Waals surface area contributed by atoms with Crippen LogP contribution in [0, 0.1) is 5.92 Å². The molecule has 1 fully saturated rings. The predicted octanol–water partition coefficient (Wildman–Crippen LogP) is 1.71. The van der Waals surface area contributed by atoms with E-state index in [9.17, 15) is 0 Å². The van der Waals surface area contributed by atoms with Crippen molar-refractivity contribution >= 4 is 0 Å². The van der Waals surface area contributed by atoms with E-state index in [2.05, 4.69) is 37.9 Å². The molecule has 78 valence electrons. The van der Waals surface area contributed by atoms with Gasteiger partial charge in [0.15, 0.2) is 0 Å². The molecule has 1 aliphatic rings. The van der Waals surface area contributed by atoms with E-state index in [4.69, 9.17) is 0 Å². The van der Waals surface area contributed by atoms with E-state index in [1.807, 2.05) is 0 Å². The van der Waals surface area contributed by atoms with Crippen molar-refractivity contribution in [3.63, 3.8) is 0 Å². The third kappa shape index (κ3) is 2.68. The second-order valence-electron chi connectivity index (χ2n) is 4.28. The Bertz CT molecular complexity index is 143. The van der Waals surface area contributed by atoms with E-state index in [1.54, 1.807) is 0 Å². The highest BCUT2D eigenvalue weighted by Gasteiger charge is 2.26. The molecule has 1 N–H and O–H groups in total. The average molecular weight is 184 g/mol. The molecular formula is C11H24N2. The van der Waals surface area contributed by atoms with Crippen molar-refractivity contribution in [2.45, 2.75) is 46.2 Å². The Balaban J connectivity index is 2.44. The Hall–Kier alpha value is -0.0800. The van der Waals surface area contributed by atoms with Crippen LogP contribution in [0.25, 0.3) is 0 Å². The Morgan fingerprint density at radius 2 is 1.85 bits per heavy atom. The van der Waals surface area contributed by atoms with Crippen molar-refractivity contribution < 1.29 is 0 Å². The normalized spacial score (nSPS) is 35.3. The molecule has 1 heterocycles. The molecule has 2 nitrogen and oxygen atoms in total. The van der Waals surface area contributed by atoms with Gasteiger partial charge in [0, 0.05) is 18.6 Å². The third-order valence-corrected chi connectivity index (χ3v) is 3.50. The summed E-state index contributed by atoms with van der Waals surface area (Å²) in [6.07, 6.45) is 1.36. The fourth-order valence-corrected chi connectivity index (χ4v) is 2.26. The van der Waals surface area contributed by atoms with Gasteiger partial charge in [0.05, 0.1) is 0 Å². The summed E-state index contributed by atoms with van der Waals surface area (Å²) in [6, 6.07) is 1.47. The molecule has 0 spiro atoms. The van der Waals surface area contributed by atoms with Gasteiger partial charge < -0.3 is 5.32 Å². The Morgan fingerprint density at radius 3 is 2.31 bits per heavy atom. The summed E-state index contributed by atoms with van der Waals surface area (Å²) in [6.45, 7) is 12.7. The van der Waals surface area contributed by atoms with Gasteiger partial charge in [0.25, 0.3) is 0 Å². The first-order valence-corrected chi connectivity index (χ1v) is 5.66. The molecule has 0 aromatic rings. The maximum absolute atomic E-state index is 3.59. The molecule has 1 aliphatic heterocycles. The lowest BCUT2D eigenvalue weighted by Crippen LogP contribution is -2.52. The zero-order valence-corrected chi connectivity index (χ0v) is 9.51. The molecule has 0 radical (unpaired) electrons. The number of hydrogen-bond donors (Lipinski definition) is 1. The number of hydrogen-bond acceptors (Lipinski definition) is 2. The monoisotopic (exact) mass is 184 g/mol. The molecule has 1 saturated heterocycles. The van der Waals surface area contributed by atoms with E-state index in [1.165, 1.54) is 26.1 Å². The first-order valence-electron chi connectivity index (χ1n) is 5.66. The van der Waals surface area contributed by atoms with Gasteiger partial charge in [-0.05, 0) is 32.4 Å². The Labute approximate surface area is 82.7 Å². The highest BCUT2D eigenvalue weighted by Crippen LogP contribution is 2.19. The molecule has 0 saturated carbocycles. The maximum Gasteiger partial charge on any atom is 0.0223 e. The van der Waals surface area contributed by atoms with Gasteiger partial charge in [0.1, 0.15) is 0 Å². The lowest BCUT2D eigenvalue weighted by atomic mass is 9.90. The molecule has 3 unspecified atom stereocenters. The van der Waals surface area contributed by atoms with Crippen molar-refractivity contribution in [3.05, 3.63) is 0 Å². The lowest BCUT2D eigenvalue weighted by molar-refractivity contribution is 0.138. The molecule has 0 aromatic carbocycles. The highest BCUT2D eigenvalue weighted by molar-refractivity contribution is 4.85. The summed E-state index contributed by atoms with van der Waals surface area (Å²) < 4.78 is 0. The summed E-state index contributed by atoms with van der Waals surface area (Å²) in [5, 5.41) is 3.59. The standard InChI is InChI=1S/C11H24N2/c1-5-13(6-2)11-7-9(3)10(4)12-8-11/h9-12H,5-8H2,1-4H3. The smallest absolute Gasteiger partial charge is 0.0223 e. The van der Waals surface area contributed by atoms with Gasteiger partial charge in [-0.1, -0.05) is 20.8 Å². The summed E-state index contributed by atoms with van der Waals surface area (Å²) in [5.74, 6) is 0.819. The van der Waals surface area contributed by atoms with Crippen molar-refractivity contribution in [1.29, 1.82) is 0 Å². The zero-order chi connectivity index (χ0) is 9.84. The second-order valence-corrected chi connectivity index (χ2v) is 4.28. The van der Waals surface area contributed by atoms with Crippen LogP contribution in [0.15, 0.2) is 0 Å². The average Bonchev–Trinajstić information content (AvgIpc) is 2.13. The van der Waals surface area contributed by atoms with Crippen molar-refractivity contribution in [2.24, 2.45) is 5.92 Å². The van der Waals surface area contributed by atoms with E-state index in [0.29, 0.717) is 6.04 Å². The van der Waals surface area contributed by atoms with Gasteiger partial charge >= 0.3 is 0 Å². The van der Waals surface area contributed by atoms with Crippen molar-refractivity contribution in [2.75, 3.05) is 19.6 Å². The van der Waals surface area contributed by atoms with Crippen molar-refractivity contribution in [3.8, 4) is 0 Å². The van der Waals surface area contributed by atoms with Gasteiger partial charge in [-0.25, -0.2) is 0 Å². The quantitative estimate of drug-likeness (QED) is 0.718. The van der Waals surface area contributed by atoms with E-state index in [0.717, 1.165) is 12.0 Å². The fourth-order valence-electron chi connectivity index (χ4n) is 2.26. The highest BCUT2D eigenvalue weighted by atomic mass is 15.2. The van der Waals surface area contributed by atoms with Gasteiger partial charge in [-0.3, -0.25) is 4.90 Å². The minimum absolute atomic E-state index is 0.701. The molecule has 0 aliphatic carbocycles. The second kappa shape index (κ2) is 4.97. The zero-order valence-electron chi connectivity index (χ0n) is 9.51. The van der Waals surface area contributed by atoms with Crippen LogP contribution in [0.1, 0.15) is 34.1 Å². The number of nitrogens with zero attached hydrogens (tertiary/aromatic N) is 1. The summed E-state index contributed by atoms with van der Waals surface area (Å²) >= 11 is 0. The fraction of sp³-hybridized carbons (Fsp3) is 1.00. The van der Waals surface area contributed by atoms with Crippen molar-refractivity contribution in [1.82, 2.24) is 10.2 Å². The van der Waals surface area contributed by atoms with E-state index in [-0.39, 0.29) is 0 Å². The largest absolute Gasteiger partial charge is 0.312 e. The van der Waals surface area contributed by atoms with Crippen LogP contribution in [0.4, 0.5) is 0 Å². The first kappa shape index (κ1) is 11.0. The third-order valence-electron chi connectivity index (χ3n) is 3.50. The molecule has 2 heteroatoms. The molecule has 0 bridgehead atoms. The summed E-state index contributed by atoms with van der Waals surface area (Å²) in [4.78, 5) is 2.56.